The van der Waals surface area contributed by atoms with Crippen molar-refractivity contribution < 1.29 is 9.18 Å². The first-order valence-corrected chi connectivity index (χ1v) is 7.19. The molecule has 3 heterocycles. The summed E-state index contributed by atoms with van der Waals surface area (Å²) < 4.78 is 13.8. The van der Waals surface area contributed by atoms with Crippen LogP contribution in [-0.2, 0) is 6.54 Å². The molecule has 1 N–H and O–H groups in total. The van der Waals surface area contributed by atoms with E-state index in [4.69, 9.17) is 0 Å². The van der Waals surface area contributed by atoms with Crippen molar-refractivity contribution in [2.45, 2.75) is 26.4 Å². The summed E-state index contributed by atoms with van der Waals surface area (Å²) in [5.41, 5.74) is 4.14. The first-order valence-electron chi connectivity index (χ1n) is 7.19. The second kappa shape index (κ2) is 4.24. The van der Waals surface area contributed by atoms with Gasteiger partial charge in [0, 0.05) is 46.9 Å². The third kappa shape index (κ3) is 1.77. The first kappa shape index (κ1) is 12.7. The van der Waals surface area contributed by atoms with Crippen molar-refractivity contribution in [3.63, 3.8) is 0 Å². The molecule has 0 bridgehead atoms. The maximum absolute atomic E-state index is 13.8. The van der Waals surface area contributed by atoms with Crippen LogP contribution in [0.5, 0.6) is 0 Å². The number of aliphatic imine (C=N–C) groups is 1. The number of ketones is 1. The quantitative estimate of drug-likeness (QED) is 0.875. The van der Waals surface area contributed by atoms with E-state index in [1.165, 1.54) is 12.1 Å². The summed E-state index contributed by atoms with van der Waals surface area (Å²) in [6, 6.07) is 3.20. The number of H-pyrrole nitrogens is 1. The maximum Gasteiger partial charge on any atom is 0.185 e. The van der Waals surface area contributed by atoms with Crippen LogP contribution >= 0.6 is 0 Å². The number of aromatic amines is 1. The maximum atomic E-state index is 13.8. The first-order chi connectivity index (χ1) is 10.0. The Labute approximate surface area is 121 Å². The van der Waals surface area contributed by atoms with E-state index in [1.807, 2.05) is 0 Å². The lowest BCUT2D eigenvalue weighted by atomic mass is 9.97. The molecule has 1 aromatic heterocycles. The summed E-state index contributed by atoms with van der Waals surface area (Å²) in [6.45, 7) is 5.90. The zero-order valence-corrected chi connectivity index (χ0v) is 12.0. The number of carbonyl (C=O) groups is 1. The molecule has 5 heteroatoms. The van der Waals surface area contributed by atoms with E-state index in [0.717, 1.165) is 35.4 Å². The number of nitrogens with zero attached hydrogens (tertiary/aromatic N) is 2. The Morgan fingerprint density at radius 2 is 2.14 bits per heavy atom. The Balaban J connectivity index is 2.04. The minimum absolute atomic E-state index is 0.105. The van der Waals surface area contributed by atoms with E-state index in [1.54, 1.807) is 0 Å². The number of benzene rings is 1. The average Bonchev–Trinajstić information content (AvgIpc) is 2.73. The molecule has 0 fully saturated rings. The van der Waals surface area contributed by atoms with Gasteiger partial charge in [0.1, 0.15) is 12.4 Å². The van der Waals surface area contributed by atoms with Crippen LogP contribution in [0.2, 0.25) is 0 Å². The molecular formula is C16H16FN3O. The minimum Gasteiger partial charge on any atom is -0.357 e. The third-order valence-corrected chi connectivity index (χ3v) is 4.39. The van der Waals surface area contributed by atoms with Gasteiger partial charge in [-0.05, 0) is 26.0 Å². The second-order valence-corrected chi connectivity index (χ2v) is 6.04. The summed E-state index contributed by atoms with van der Waals surface area (Å²) in [6.07, 6.45) is 0. The number of aromatic nitrogens is 1. The molecule has 0 amide bonds. The average molecular weight is 285 g/mol. The molecule has 0 spiro atoms. The third-order valence-electron chi connectivity index (χ3n) is 4.39. The Morgan fingerprint density at radius 3 is 2.90 bits per heavy atom. The number of hydrogen-bond donors (Lipinski definition) is 1. The van der Waals surface area contributed by atoms with Crippen molar-refractivity contribution in [2.24, 2.45) is 4.99 Å². The van der Waals surface area contributed by atoms with Gasteiger partial charge in [-0.2, -0.15) is 0 Å². The number of carbonyl (C=O) groups excluding carboxylic acids is 1. The van der Waals surface area contributed by atoms with Crippen LogP contribution in [0.15, 0.2) is 17.1 Å². The predicted octanol–water partition coefficient (Wildman–Crippen LogP) is 2.52. The van der Waals surface area contributed by atoms with Crippen LogP contribution in [0, 0.1) is 5.82 Å². The Kier molecular flexibility index (Phi) is 2.57. The van der Waals surface area contributed by atoms with Gasteiger partial charge < -0.3 is 4.98 Å². The highest BCUT2D eigenvalue weighted by molar-refractivity contribution is 6.22. The fourth-order valence-corrected chi connectivity index (χ4v) is 3.28. The SMILES string of the molecule is CC(C)N1CC2=NCC(=O)c3cc(F)cc4[nH]c(c2c34)C1. The smallest absolute Gasteiger partial charge is 0.185 e. The van der Waals surface area contributed by atoms with E-state index in [9.17, 15) is 9.18 Å². The molecule has 0 saturated carbocycles. The van der Waals surface area contributed by atoms with Crippen LogP contribution in [0.4, 0.5) is 4.39 Å². The fourth-order valence-electron chi connectivity index (χ4n) is 3.28. The molecule has 0 saturated heterocycles. The zero-order valence-electron chi connectivity index (χ0n) is 12.0. The summed E-state index contributed by atoms with van der Waals surface area (Å²) in [5.74, 6) is -0.493. The summed E-state index contributed by atoms with van der Waals surface area (Å²) in [5, 5.41) is 0.844. The van der Waals surface area contributed by atoms with Gasteiger partial charge in [-0.1, -0.05) is 0 Å². The zero-order chi connectivity index (χ0) is 14.7. The molecule has 2 aliphatic rings. The van der Waals surface area contributed by atoms with Crippen LogP contribution in [0.3, 0.4) is 0 Å². The molecule has 0 atom stereocenters. The lowest BCUT2D eigenvalue weighted by molar-refractivity contribution is 0.100. The van der Waals surface area contributed by atoms with E-state index >= 15 is 0 Å². The Morgan fingerprint density at radius 1 is 1.33 bits per heavy atom. The standard InChI is InChI=1S/C16H16FN3O/c1-8(2)20-6-12-16-13(7-20)19-11-4-9(17)3-10(15(11)16)14(21)5-18-12/h3-4,8,19H,5-7H2,1-2H3. The molecular weight excluding hydrogens is 269 g/mol. The number of halogens is 1. The van der Waals surface area contributed by atoms with E-state index in [2.05, 4.69) is 28.7 Å². The normalized spacial score (nSPS) is 18.3. The van der Waals surface area contributed by atoms with Gasteiger partial charge in [0.25, 0.3) is 0 Å². The van der Waals surface area contributed by atoms with E-state index in [-0.39, 0.29) is 18.1 Å². The van der Waals surface area contributed by atoms with Crippen LogP contribution < -0.4 is 0 Å². The molecule has 0 unspecified atom stereocenters. The van der Waals surface area contributed by atoms with Gasteiger partial charge >= 0.3 is 0 Å². The van der Waals surface area contributed by atoms with Gasteiger partial charge in [0.2, 0.25) is 0 Å². The minimum atomic E-state index is -0.381. The van der Waals surface area contributed by atoms with Crippen LogP contribution in [0.1, 0.15) is 35.5 Å². The lowest BCUT2D eigenvalue weighted by Crippen LogP contribution is -2.39. The molecule has 0 radical (unpaired) electrons. The number of nitrogens with one attached hydrogen (secondary N) is 1. The van der Waals surface area contributed by atoms with Crippen molar-refractivity contribution in [1.29, 1.82) is 0 Å². The summed E-state index contributed by atoms with van der Waals surface area (Å²) in [7, 11) is 0. The van der Waals surface area contributed by atoms with Crippen molar-refractivity contribution in [3.8, 4) is 0 Å². The highest BCUT2D eigenvalue weighted by Gasteiger charge is 2.31. The van der Waals surface area contributed by atoms with Gasteiger partial charge in [0.15, 0.2) is 5.78 Å². The summed E-state index contributed by atoms with van der Waals surface area (Å²) in [4.78, 5) is 22.3. The van der Waals surface area contributed by atoms with Crippen molar-refractivity contribution in [2.75, 3.05) is 13.1 Å². The molecule has 0 aliphatic carbocycles. The lowest BCUT2D eigenvalue weighted by Gasteiger charge is -2.31. The van der Waals surface area contributed by atoms with Gasteiger partial charge in [-0.25, -0.2) is 4.39 Å². The molecule has 21 heavy (non-hydrogen) atoms. The monoisotopic (exact) mass is 285 g/mol. The molecule has 108 valence electrons. The largest absolute Gasteiger partial charge is 0.357 e. The van der Waals surface area contributed by atoms with Crippen LogP contribution in [-0.4, -0.2) is 40.5 Å². The van der Waals surface area contributed by atoms with Gasteiger partial charge in [-0.15, -0.1) is 0 Å². The van der Waals surface area contributed by atoms with Crippen molar-refractivity contribution in [3.05, 3.63) is 34.8 Å². The van der Waals surface area contributed by atoms with Crippen molar-refractivity contribution in [1.82, 2.24) is 9.88 Å². The van der Waals surface area contributed by atoms with Crippen molar-refractivity contribution >= 4 is 22.4 Å². The topological polar surface area (TPSA) is 48.5 Å². The van der Waals surface area contributed by atoms with E-state index in [0.29, 0.717) is 17.1 Å². The van der Waals surface area contributed by atoms with Crippen LogP contribution in [0.25, 0.3) is 10.9 Å². The highest BCUT2D eigenvalue weighted by atomic mass is 19.1. The van der Waals surface area contributed by atoms with Gasteiger partial charge in [0.05, 0.1) is 5.71 Å². The Hall–Kier alpha value is -2.01. The van der Waals surface area contributed by atoms with Gasteiger partial charge in [-0.3, -0.25) is 14.7 Å². The molecule has 1 aromatic carbocycles. The number of Topliss-reactive ketones (excluding diaryl/α,β-unsaturated/α-hetero) is 1. The molecule has 2 aromatic rings. The number of hydrogen-bond acceptors (Lipinski definition) is 3. The molecule has 4 rings (SSSR count). The molecule has 2 aliphatic heterocycles. The second-order valence-electron chi connectivity index (χ2n) is 6.04. The molecule has 4 nitrogen and oxygen atoms in total. The Bertz CT molecular complexity index is 803. The van der Waals surface area contributed by atoms with E-state index < -0.39 is 0 Å². The predicted molar refractivity (Wildman–Crippen MR) is 79.5 cm³/mol. The number of rotatable bonds is 1. The highest BCUT2D eigenvalue weighted by Crippen LogP contribution is 2.33. The fraction of sp³-hybridized carbons (Fsp3) is 0.375. The summed E-state index contributed by atoms with van der Waals surface area (Å²) >= 11 is 0.